The van der Waals surface area contributed by atoms with E-state index >= 15 is 0 Å². The fourth-order valence-electron chi connectivity index (χ4n) is 3.89. The largest absolute Gasteiger partial charge is 0.389 e. The van der Waals surface area contributed by atoms with Gasteiger partial charge < -0.3 is 14.9 Å². The summed E-state index contributed by atoms with van der Waals surface area (Å²) in [7, 11) is 0. The third-order valence-electron chi connectivity index (χ3n) is 5.60. The van der Waals surface area contributed by atoms with Crippen LogP contribution in [0.3, 0.4) is 0 Å². The van der Waals surface area contributed by atoms with Gasteiger partial charge in [0.2, 0.25) is 11.8 Å². The molecule has 1 aliphatic carbocycles. The first-order valence-electron chi connectivity index (χ1n) is 9.29. The Bertz CT molecular complexity index is 630. The van der Waals surface area contributed by atoms with E-state index in [9.17, 15) is 14.7 Å². The van der Waals surface area contributed by atoms with Crippen LogP contribution < -0.4 is 0 Å². The smallest absolute Gasteiger partial charge is 0.227 e. The lowest BCUT2D eigenvalue weighted by Crippen LogP contribution is -2.52. The molecule has 2 fully saturated rings. The number of hydrogen-bond donors (Lipinski definition) is 1. The van der Waals surface area contributed by atoms with E-state index in [1.165, 1.54) is 0 Å². The van der Waals surface area contributed by atoms with Gasteiger partial charge in [-0.3, -0.25) is 9.59 Å². The molecule has 0 bridgehead atoms. The number of rotatable bonds is 4. The van der Waals surface area contributed by atoms with Crippen molar-refractivity contribution in [3.8, 4) is 0 Å². The van der Waals surface area contributed by atoms with E-state index in [0.717, 1.165) is 36.8 Å². The molecule has 1 saturated heterocycles. The van der Waals surface area contributed by atoms with Crippen molar-refractivity contribution in [3.63, 3.8) is 0 Å². The molecule has 3 rings (SSSR count). The number of carbonyl (C=O) groups excluding carboxylic acids is 2. The zero-order valence-corrected chi connectivity index (χ0v) is 15.0. The average Bonchev–Trinajstić information content (AvgIpc) is 3.03. The summed E-state index contributed by atoms with van der Waals surface area (Å²) < 4.78 is 0. The minimum absolute atomic E-state index is 0.0235. The third kappa shape index (κ3) is 4.40. The second-order valence-corrected chi connectivity index (χ2v) is 7.47. The van der Waals surface area contributed by atoms with Gasteiger partial charge in [-0.05, 0) is 30.9 Å². The standard InChI is InChI=1S/C20H28N2O3/c1-16-6-2-3-7-17(16)14-18(23)21-10-12-22(13-11-21)19(24)15-20(25)8-4-5-9-20/h2-3,6-7,25H,4-5,8-15H2,1H3. The first kappa shape index (κ1) is 17.9. The highest BCUT2D eigenvalue weighted by molar-refractivity contribution is 5.80. The summed E-state index contributed by atoms with van der Waals surface area (Å²) in [5.74, 6) is 0.145. The van der Waals surface area contributed by atoms with Crippen molar-refractivity contribution < 1.29 is 14.7 Å². The Kier molecular flexibility index (Phi) is 5.42. The van der Waals surface area contributed by atoms with Crippen LogP contribution in [0.5, 0.6) is 0 Å². The Hall–Kier alpha value is -1.88. The Morgan fingerprint density at radius 1 is 1.00 bits per heavy atom. The van der Waals surface area contributed by atoms with Crippen molar-refractivity contribution in [1.29, 1.82) is 0 Å². The second kappa shape index (κ2) is 7.56. The van der Waals surface area contributed by atoms with Crippen molar-refractivity contribution in [1.82, 2.24) is 9.80 Å². The van der Waals surface area contributed by atoms with Gasteiger partial charge in [-0.2, -0.15) is 0 Å². The van der Waals surface area contributed by atoms with E-state index in [1.54, 1.807) is 4.90 Å². The SMILES string of the molecule is Cc1ccccc1CC(=O)N1CCN(C(=O)CC2(O)CCCC2)CC1. The van der Waals surface area contributed by atoms with Crippen molar-refractivity contribution in [2.45, 2.75) is 51.0 Å². The maximum atomic E-state index is 12.5. The molecule has 5 nitrogen and oxygen atoms in total. The first-order chi connectivity index (χ1) is 12.0. The number of piperazine rings is 1. The lowest BCUT2D eigenvalue weighted by atomic mass is 9.97. The van der Waals surface area contributed by atoms with Crippen LogP contribution in [0.4, 0.5) is 0 Å². The molecule has 2 amide bonds. The number of benzene rings is 1. The molecule has 136 valence electrons. The average molecular weight is 344 g/mol. The Labute approximate surface area is 149 Å². The fraction of sp³-hybridized carbons (Fsp3) is 0.600. The number of nitrogens with zero attached hydrogens (tertiary/aromatic N) is 2. The van der Waals surface area contributed by atoms with Crippen molar-refractivity contribution in [2.24, 2.45) is 0 Å². The highest BCUT2D eigenvalue weighted by Gasteiger charge is 2.35. The Morgan fingerprint density at radius 2 is 1.56 bits per heavy atom. The summed E-state index contributed by atoms with van der Waals surface area (Å²) in [6, 6.07) is 7.95. The maximum absolute atomic E-state index is 12.5. The van der Waals surface area contributed by atoms with E-state index in [1.807, 2.05) is 36.1 Å². The van der Waals surface area contributed by atoms with Crippen LogP contribution >= 0.6 is 0 Å². The van der Waals surface area contributed by atoms with Crippen molar-refractivity contribution in [2.75, 3.05) is 26.2 Å². The Morgan fingerprint density at radius 3 is 2.16 bits per heavy atom. The maximum Gasteiger partial charge on any atom is 0.227 e. The van der Waals surface area contributed by atoms with Gasteiger partial charge in [0, 0.05) is 26.2 Å². The quantitative estimate of drug-likeness (QED) is 0.907. The van der Waals surface area contributed by atoms with Gasteiger partial charge in [-0.25, -0.2) is 0 Å². The van der Waals surface area contributed by atoms with Crippen molar-refractivity contribution >= 4 is 11.8 Å². The molecule has 5 heteroatoms. The molecule has 1 N–H and O–H groups in total. The van der Waals surface area contributed by atoms with E-state index in [4.69, 9.17) is 0 Å². The summed E-state index contributed by atoms with van der Waals surface area (Å²) >= 11 is 0. The number of aliphatic hydroxyl groups is 1. The highest BCUT2D eigenvalue weighted by atomic mass is 16.3. The van der Waals surface area contributed by atoms with Gasteiger partial charge in [0.05, 0.1) is 18.4 Å². The molecule has 1 aromatic rings. The molecule has 0 spiro atoms. The summed E-state index contributed by atoms with van der Waals surface area (Å²) in [5, 5.41) is 10.4. The molecule has 1 heterocycles. The van der Waals surface area contributed by atoms with E-state index in [-0.39, 0.29) is 18.2 Å². The predicted molar refractivity (Wildman–Crippen MR) is 96.1 cm³/mol. The third-order valence-corrected chi connectivity index (χ3v) is 5.60. The van der Waals surface area contributed by atoms with Gasteiger partial charge in [-0.15, -0.1) is 0 Å². The van der Waals surface area contributed by atoms with E-state index in [2.05, 4.69) is 0 Å². The Balaban J connectivity index is 1.49. The molecular weight excluding hydrogens is 316 g/mol. The molecular formula is C20H28N2O3. The predicted octanol–water partition coefficient (Wildman–Crippen LogP) is 1.90. The molecule has 0 aromatic heterocycles. The van der Waals surface area contributed by atoms with E-state index < -0.39 is 5.60 Å². The first-order valence-corrected chi connectivity index (χ1v) is 9.29. The number of amides is 2. The molecule has 1 saturated carbocycles. The topological polar surface area (TPSA) is 60.9 Å². The van der Waals surface area contributed by atoms with Gasteiger partial charge in [0.25, 0.3) is 0 Å². The molecule has 0 atom stereocenters. The van der Waals surface area contributed by atoms with Crippen LogP contribution in [0.15, 0.2) is 24.3 Å². The highest BCUT2D eigenvalue weighted by Crippen LogP contribution is 2.32. The monoisotopic (exact) mass is 344 g/mol. The van der Waals surface area contributed by atoms with Crippen LogP contribution in [0.1, 0.15) is 43.2 Å². The zero-order valence-electron chi connectivity index (χ0n) is 15.0. The van der Waals surface area contributed by atoms with Gasteiger partial charge in [0.1, 0.15) is 0 Å². The van der Waals surface area contributed by atoms with Crippen LogP contribution in [0, 0.1) is 6.92 Å². The second-order valence-electron chi connectivity index (χ2n) is 7.47. The number of hydrogen-bond acceptors (Lipinski definition) is 3. The molecule has 1 aromatic carbocycles. The summed E-state index contributed by atoms with van der Waals surface area (Å²) in [6.07, 6.45) is 4.11. The van der Waals surface area contributed by atoms with Crippen LogP contribution in [0.2, 0.25) is 0 Å². The van der Waals surface area contributed by atoms with Gasteiger partial charge in [0.15, 0.2) is 0 Å². The normalized spacial score (nSPS) is 19.9. The van der Waals surface area contributed by atoms with Crippen LogP contribution in [-0.4, -0.2) is 58.5 Å². The van der Waals surface area contributed by atoms with Crippen molar-refractivity contribution in [3.05, 3.63) is 35.4 Å². The lowest BCUT2D eigenvalue weighted by Gasteiger charge is -2.36. The summed E-state index contributed by atoms with van der Waals surface area (Å²) in [6.45, 7) is 4.31. The minimum atomic E-state index is -0.797. The molecule has 0 unspecified atom stereocenters. The lowest BCUT2D eigenvalue weighted by molar-refractivity contribution is -0.142. The molecule has 25 heavy (non-hydrogen) atoms. The molecule has 1 aliphatic heterocycles. The number of aryl methyl sites for hydroxylation is 1. The summed E-state index contributed by atoms with van der Waals surface area (Å²) in [4.78, 5) is 28.6. The molecule has 2 aliphatic rings. The fourth-order valence-corrected chi connectivity index (χ4v) is 3.89. The molecule has 0 radical (unpaired) electrons. The zero-order chi connectivity index (χ0) is 17.9. The van der Waals surface area contributed by atoms with E-state index in [0.29, 0.717) is 32.6 Å². The number of carbonyl (C=O) groups is 2. The van der Waals surface area contributed by atoms with Crippen LogP contribution in [0.25, 0.3) is 0 Å². The van der Waals surface area contributed by atoms with Gasteiger partial charge >= 0.3 is 0 Å². The minimum Gasteiger partial charge on any atom is -0.389 e. The van der Waals surface area contributed by atoms with Crippen LogP contribution in [-0.2, 0) is 16.0 Å². The summed E-state index contributed by atoms with van der Waals surface area (Å²) in [5.41, 5.74) is 1.40. The van der Waals surface area contributed by atoms with Gasteiger partial charge in [-0.1, -0.05) is 37.1 Å².